The van der Waals surface area contributed by atoms with Crippen LogP contribution in [0.15, 0.2) is 42.5 Å². The SMILES string of the molecule is COCCCN1CCOc2ccc(CO[C@H]3CC[C@H](CC(C)(C)c4nn[nH]n4)C[C@@H]3c3ccc(OC)cc3)cc21. The number of rotatable bonds is 12. The lowest BCUT2D eigenvalue weighted by atomic mass is 9.70. The molecule has 9 nitrogen and oxygen atoms in total. The number of aromatic amines is 1. The summed E-state index contributed by atoms with van der Waals surface area (Å²) in [6.45, 7) is 8.32. The van der Waals surface area contributed by atoms with Crippen LogP contribution in [0.4, 0.5) is 5.69 Å². The van der Waals surface area contributed by atoms with Crippen molar-refractivity contribution < 1.29 is 18.9 Å². The summed E-state index contributed by atoms with van der Waals surface area (Å²) in [7, 11) is 3.46. The number of ether oxygens (including phenoxy) is 4. The predicted octanol–water partition coefficient (Wildman–Crippen LogP) is 5.28. The van der Waals surface area contributed by atoms with Gasteiger partial charge < -0.3 is 23.8 Å². The van der Waals surface area contributed by atoms with Crippen LogP contribution in [-0.4, -0.2) is 67.3 Å². The Morgan fingerprint density at radius 1 is 1.10 bits per heavy atom. The third kappa shape index (κ3) is 6.75. The Kier molecular flexibility index (Phi) is 9.22. The van der Waals surface area contributed by atoms with Gasteiger partial charge in [0.2, 0.25) is 0 Å². The summed E-state index contributed by atoms with van der Waals surface area (Å²) in [4.78, 5) is 2.40. The van der Waals surface area contributed by atoms with Crippen LogP contribution < -0.4 is 14.4 Å². The maximum atomic E-state index is 6.72. The van der Waals surface area contributed by atoms with E-state index in [1.807, 2.05) is 0 Å². The van der Waals surface area contributed by atoms with E-state index in [4.69, 9.17) is 18.9 Å². The second-order valence-corrected chi connectivity index (χ2v) is 11.7. The number of nitrogens with zero attached hydrogens (tertiary/aromatic N) is 4. The minimum Gasteiger partial charge on any atom is -0.497 e. The molecule has 2 aliphatic rings. The van der Waals surface area contributed by atoms with Crippen molar-refractivity contribution in [3.63, 3.8) is 0 Å². The number of hydrogen-bond acceptors (Lipinski definition) is 8. The first-order valence-corrected chi connectivity index (χ1v) is 14.5. The Morgan fingerprint density at radius 2 is 1.95 bits per heavy atom. The summed E-state index contributed by atoms with van der Waals surface area (Å²) in [5.74, 6) is 3.45. The van der Waals surface area contributed by atoms with Gasteiger partial charge in [-0.1, -0.05) is 37.3 Å². The van der Waals surface area contributed by atoms with Crippen molar-refractivity contribution in [2.24, 2.45) is 5.92 Å². The maximum absolute atomic E-state index is 6.72. The monoisotopic (exact) mass is 549 g/mol. The van der Waals surface area contributed by atoms with Crippen LogP contribution in [0.2, 0.25) is 0 Å². The van der Waals surface area contributed by atoms with Crippen LogP contribution in [0.5, 0.6) is 11.5 Å². The number of hydrogen-bond donors (Lipinski definition) is 1. The second-order valence-electron chi connectivity index (χ2n) is 11.7. The number of benzene rings is 2. The molecule has 40 heavy (non-hydrogen) atoms. The van der Waals surface area contributed by atoms with Gasteiger partial charge in [-0.05, 0) is 73.4 Å². The fourth-order valence-corrected chi connectivity index (χ4v) is 6.32. The minimum absolute atomic E-state index is 0.142. The van der Waals surface area contributed by atoms with Crippen LogP contribution in [-0.2, 0) is 21.5 Å². The fourth-order valence-electron chi connectivity index (χ4n) is 6.32. The molecular formula is C31H43N5O4. The minimum atomic E-state index is -0.143. The highest BCUT2D eigenvalue weighted by Gasteiger charge is 2.37. The third-order valence-electron chi connectivity index (χ3n) is 8.41. The standard InChI is InChI=1S/C31H43N5O4/c1-31(2,30-32-34-35-33-30)20-22-6-12-28(26(18-22)24-8-10-25(38-4)11-9-24)40-21-23-7-13-29-27(19-23)36(15-17-39-29)14-5-16-37-3/h7-11,13,19,22,26,28H,5-6,12,14-18,20-21H2,1-4H3,(H,32,33,34,35)/t22-,26+,28-/m0/s1. The molecule has 2 aromatic carbocycles. The molecule has 3 aromatic rings. The summed E-state index contributed by atoms with van der Waals surface area (Å²) in [5.41, 5.74) is 3.49. The molecule has 216 valence electrons. The molecule has 0 radical (unpaired) electrons. The molecule has 1 saturated carbocycles. The number of nitrogens with one attached hydrogen (secondary N) is 1. The van der Waals surface area contributed by atoms with E-state index < -0.39 is 0 Å². The molecule has 0 unspecified atom stereocenters. The lowest BCUT2D eigenvalue weighted by Crippen LogP contribution is -2.34. The molecule has 9 heteroatoms. The quantitative estimate of drug-likeness (QED) is 0.305. The van der Waals surface area contributed by atoms with Gasteiger partial charge in [0.05, 0.1) is 32.1 Å². The second kappa shape index (κ2) is 13.0. The van der Waals surface area contributed by atoms with Crippen LogP contribution in [0, 0.1) is 5.92 Å². The molecule has 1 aromatic heterocycles. The first-order valence-electron chi connectivity index (χ1n) is 14.5. The number of methoxy groups -OCH3 is 2. The molecule has 0 spiro atoms. The Balaban J connectivity index is 1.29. The van der Waals surface area contributed by atoms with Gasteiger partial charge in [-0.2, -0.15) is 5.21 Å². The van der Waals surface area contributed by atoms with Gasteiger partial charge in [-0.15, -0.1) is 10.2 Å². The number of tetrazole rings is 1. The maximum Gasteiger partial charge on any atom is 0.180 e. The Morgan fingerprint density at radius 3 is 2.70 bits per heavy atom. The molecule has 1 aliphatic carbocycles. The van der Waals surface area contributed by atoms with Gasteiger partial charge in [-0.3, -0.25) is 0 Å². The Labute approximate surface area is 237 Å². The van der Waals surface area contributed by atoms with Crippen molar-refractivity contribution in [2.75, 3.05) is 45.4 Å². The molecule has 0 bridgehead atoms. The largest absolute Gasteiger partial charge is 0.497 e. The van der Waals surface area contributed by atoms with Crippen molar-refractivity contribution in [3.8, 4) is 11.5 Å². The van der Waals surface area contributed by atoms with E-state index >= 15 is 0 Å². The normalized spacial score (nSPS) is 21.1. The van der Waals surface area contributed by atoms with E-state index in [1.54, 1.807) is 14.2 Å². The Hall–Kier alpha value is -3.17. The van der Waals surface area contributed by atoms with Crippen LogP contribution in [0.25, 0.3) is 0 Å². The third-order valence-corrected chi connectivity index (χ3v) is 8.41. The zero-order valence-corrected chi connectivity index (χ0v) is 24.3. The first kappa shape index (κ1) is 28.4. The van der Waals surface area contributed by atoms with Crippen LogP contribution in [0.1, 0.15) is 68.8 Å². The van der Waals surface area contributed by atoms with Crippen LogP contribution in [0.3, 0.4) is 0 Å². The van der Waals surface area contributed by atoms with Crippen molar-refractivity contribution in [2.45, 2.75) is 70.0 Å². The zero-order valence-electron chi connectivity index (χ0n) is 24.3. The van der Waals surface area contributed by atoms with E-state index in [9.17, 15) is 0 Å². The summed E-state index contributed by atoms with van der Waals surface area (Å²) >= 11 is 0. The lowest BCUT2D eigenvalue weighted by molar-refractivity contribution is -0.0113. The first-order chi connectivity index (χ1) is 19.5. The Bertz CT molecular complexity index is 1200. The van der Waals surface area contributed by atoms with Gasteiger partial charge in [0.15, 0.2) is 5.82 Å². The van der Waals surface area contributed by atoms with Gasteiger partial charge in [0, 0.05) is 31.6 Å². The summed E-state index contributed by atoms with van der Waals surface area (Å²) in [6, 6.07) is 15.0. The lowest BCUT2D eigenvalue weighted by Gasteiger charge is -2.39. The molecule has 1 fully saturated rings. The highest BCUT2D eigenvalue weighted by molar-refractivity contribution is 5.61. The average molecular weight is 550 g/mol. The van der Waals surface area contributed by atoms with Crippen molar-refractivity contribution >= 4 is 5.69 Å². The highest BCUT2D eigenvalue weighted by Crippen LogP contribution is 2.43. The van der Waals surface area contributed by atoms with E-state index in [1.165, 1.54) is 11.1 Å². The van der Waals surface area contributed by atoms with Gasteiger partial charge in [0.1, 0.15) is 18.1 Å². The number of anilines is 1. The molecule has 0 saturated heterocycles. The number of fused-ring (bicyclic) bond motifs is 1. The number of aromatic nitrogens is 4. The summed E-state index contributed by atoms with van der Waals surface area (Å²) < 4.78 is 23.4. The fraction of sp³-hybridized carbons (Fsp3) is 0.581. The van der Waals surface area contributed by atoms with Crippen molar-refractivity contribution in [3.05, 3.63) is 59.4 Å². The zero-order chi connectivity index (χ0) is 28.0. The molecule has 5 rings (SSSR count). The van der Waals surface area contributed by atoms with Gasteiger partial charge in [-0.25, -0.2) is 0 Å². The van der Waals surface area contributed by atoms with Crippen molar-refractivity contribution in [1.82, 2.24) is 20.6 Å². The molecule has 1 N–H and O–H groups in total. The summed E-state index contributed by atoms with van der Waals surface area (Å²) in [6.07, 6.45) is 5.33. The number of H-pyrrole nitrogens is 1. The van der Waals surface area contributed by atoms with Gasteiger partial charge >= 0.3 is 0 Å². The van der Waals surface area contributed by atoms with Crippen molar-refractivity contribution in [1.29, 1.82) is 0 Å². The van der Waals surface area contributed by atoms with E-state index in [0.29, 0.717) is 25.0 Å². The van der Waals surface area contributed by atoms with E-state index in [-0.39, 0.29) is 11.5 Å². The predicted molar refractivity (Wildman–Crippen MR) is 154 cm³/mol. The topological polar surface area (TPSA) is 94.6 Å². The molecule has 1 aliphatic heterocycles. The molecular weight excluding hydrogens is 506 g/mol. The molecule has 2 heterocycles. The average Bonchev–Trinajstić information content (AvgIpc) is 3.53. The smallest absolute Gasteiger partial charge is 0.180 e. The van der Waals surface area contributed by atoms with E-state index in [0.717, 1.165) is 74.8 Å². The highest BCUT2D eigenvalue weighted by atomic mass is 16.5. The van der Waals surface area contributed by atoms with Crippen LogP contribution >= 0.6 is 0 Å². The van der Waals surface area contributed by atoms with E-state index in [2.05, 4.69) is 81.8 Å². The summed E-state index contributed by atoms with van der Waals surface area (Å²) in [5, 5.41) is 15.0. The molecule has 3 atom stereocenters. The van der Waals surface area contributed by atoms with Gasteiger partial charge in [0.25, 0.3) is 0 Å². The molecule has 0 amide bonds.